The van der Waals surface area contributed by atoms with Gasteiger partial charge < -0.3 is 4.98 Å². The normalized spacial score (nSPS) is 10.7. The monoisotopic (exact) mass is 246 g/mol. The van der Waals surface area contributed by atoms with E-state index >= 15 is 0 Å². The molecule has 2 rings (SSSR count). The van der Waals surface area contributed by atoms with Crippen LogP contribution >= 0.6 is 33.3 Å². The minimum Gasteiger partial charge on any atom is -0.326 e. The smallest absolute Gasteiger partial charge is 0.274 e. The lowest BCUT2D eigenvalue weighted by Gasteiger charge is -2.00. The molecule has 0 aromatic carbocycles. The van der Waals surface area contributed by atoms with Gasteiger partial charge in [0.1, 0.15) is 10.7 Å². The molecule has 0 bridgehead atoms. The second kappa shape index (κ2) is 3.81. The summed E-state index contributed by atoms with van der Waals surface area (Å²) in [6.45, 7) is 0. The van der Waals surface area contributed by atoms with Crippen molar-refractivity contribution in [2.24, 2.45) is 0 Å². The first-order valence-electron chi connectivity index (χ1n) is 3.69. The lowest BCUT2D eigenvalue weighted by molar-refractivity contribution is 1.19. The number of halogens is 2. The zero-order valence-corrected chi connectivity index (χ0v) is 9.08. The van der Waals surface area contributed by atoms with E-state index in [1.165, 1.54) is 0 Å². The zero-order chi connectivity index (χ0) is 10.1. The molecule has 2 aromatic rings. The Hall–Kier alpha value is -0.710. The number of aromatic amines is 1. The van der Waals surface area contributed by atoms with Crippen molar-refractivity contribution in [3.05, 3.63) is 33.8 Å². The fraction of sp³-hybridized carbons (Fsp3) is 0. The van der Waals surface area contributed by atoms with Crippen LogP contribution in [0.1, 0.15) is 0 Å². The second-order valence-electron chi connectivity index (χ2n) is 2.59. The van der Waals surface area contributed by atoms with Gasteiger partial charge in [-0.05, 0) is 33.8 Å². The van der Waals surface area contributed by atoms with E-state index < -0.39 is 0 Å². The molecule has 0 radical (unpaired) electrons. The highest BCUT2D eigenvalue weighted by Gasteiger charge is 2.06. The Morgan fingerprint density at radius 3 is 2.93 bits per heavy atom. The molecule has 14 heavy (non-hydrogen) atoms. The van der Waals surface area contributed by atoms with E-state index in [1.54, 1.807) is 18.3 Å². The van der Waals surface area contributed by atoms with E-state index in [9.17, 15) is 4.79 Å². The molecule has 0 aliphatic heterocycles. The fourth-order valence-corrected chi connectivity index (χ4v) is 2.03. The number of hydrogen-bond acceptors (Lipinski definition) is 3. The van der Waals surface area contributed by atoms with Gasteiger partial charge in [0.05, 0.1) is 0 Å². The average molecular weight is 247 g/mol. The van der Waals surface area contributed by atoms with Crippen LogP contribution in [-0.4, -0.2) is 9.97 Å². The Bertz CT molecular complexity index is 540. The molecule has 0 aliphatic rings. The van der Waals surface area contributed by atoms with Gasteiger partial charge in [0.2, 0.25) is 0 Å². The Morgan fingerprint density at radius 1 is 1.43 bits per heavy atom. The van der Waals surface area contributed by atoms with Gasteiger partial charge in [-0.15, -0.1) is 0 Å². The van der Waals surface area contributed by atoms with Crippen molar-refractivity contribution >= 4 is 44.2 Å². The van der Waals surface area contributed by atoms with Gasteiger partial charge in [-0.2, -0.15) is 0 Å². The maximum atomic E-state index is 11.4. The van der Waals surface area contributed by atoms with Crippen LogP contribution in [0.2, 0.25) is 5.15 Å². The van der Waals surface area contributed by atoms with Crippen LogP contribution in [0.4, 0.5) is 0 Å². The van der Waals surface area contributed by atoms with E-state index in [1.807, 2.05) is 0 Å². The minimum absolute atomic E-state index is 0.267. The highest BCUT2D eigenvalue weighted by Crippen LogP contribution is 2.27. The van der Waals surface area contributed by atoms with Crippen molar-refractivity contribution < 1.29 is 0 Å². The van der Waals surface area contributed by atoms with E-state index in [0.29, 0.717) is 16.1 Å². The molecule has 1 N–H and O–H groups in total. The number of rotatable bonds is 1. The number of H-pyrrole nitrogens is 1. The molecular formula is C8H4Cl2N2OS. The van der Waals surface area contributed by atoms with Gasteiger partial charge in [-0.1, -0.05) is 11.6 Å². The van der Waals surface area contributed by atoms with E-state index in [0.717, 1.165) is 15.9 Å². The maximum absolute atomic E-state index is 11.4. The zero-order valence-electron chi connectivity index (χ0n) is 6.75. The summed E-state index contributed by atoms with van der Waals surface area (Å²) in [5, 5.41) is 0.998. The molecule has 0 saturated carbocycles. The van der Waals surface area contributed by atoms with Crippen molar-refractivity contribution in [3.63, 3.8) is 0 Å². The van der Waals surface area contributed by atoms with Crippen LogP contribution in [0, 0.1) is 0 Å². The van der Waals surface area contributed by atoms with Gasteiger partial charge in [0.15, 0.2) is 0 Å². The molecule has 0 saturated heterocycles. The SMILES string of the molecule is O=c1[nH]cc(SCl)c2ccc(Cl)nc12. The third-order valence-corrected chi connectivity index (χ3v) is 2.97. The molecule has 72 valence electrons. The second-order valence-corrected chi connectivity index (χ2v) is 4.03. The highest BCUT2D eigenvalue weighted by atomic mass is 35.7. The quantitative estimate of drug-likeness (QED) is 0.788. The average Bonchev–Trinajstić information content (AvgIpc) is 2.19. The van der Waals surface area contributed by atoms with Crippen LogP contribution in [-0.2, 0) is 0 Å². The summed E-state index contributed by atoms with van der Waals surface area (Å²) in [5.41, 5.74) is 0.0418. The number of nitrogens with zero attached hydrogens (tertiary/aromatic N) is 1. The topological polar surface area (TPSA) is 45.8 Å². The summed E-state index contributed by atoms with van der Waals surface area (Å²) < 4.78 is 0. The van der Waals surface area contributed by atoms with Gasteiger partial charge in [-0.25, -0.2) is 4.98 Å². The molecule has 0 aliphatic carbocycles. The van der Waals surface area contributed by atoms with Gasteiger partial charge >= 0.3 is 0 Å². The van der Waals surface area contributed by atoms with Gasteiger partial charge in [0, 0.05) is 16.5 Å². The molecule has 0 fully saturated rings. The number of aromatic nitrogens is 2. The number of hydrogen-bond donors (Lipinski definition) is 1. The lowest BCUT2D eigenvalue weighted by Crippen LogP contribution is -2.07. The summed E-state index contributed by atoms with van der Waals surface area (Å²) in [7, 11) is 6.66. The summed E-state index contributed by atoms with van der Waals surface area (Å²) in [5.74, 6) is 0. The van der Waals surface area contributed by atoms with Crippen LogP contribution in [0.25, 0.3) is 10.9 Å². The van der Waals surface area contributed by atoms with Crippen LogP contribution in [0.3, 0.4) is 0 Å². The summed E-state index contributed by atoms with van der Waals surface area (Å²) in [6.07, 6.45) is 1.55. The molecular weight excluding hydrogens is 243 g/mol. The van der Waals surface area contributed by atoms with E-state index in [-0.39, 0.29) is 5.56 Å². The standard InChI is InChI=1S/C8H4Cl2N2OS/c9-6-2-1-4-5(14-10)3-11-8(13)7(4)12-6/h1-3H,(H,11,13). The molecule has 6 heteroatoms. The number of nitrogens with one attached hydrogen (secondary N) is 1. The van der Waals surface area contributed by atoms with Crippen molar-refractivity contribution in [3.8, 4) is 0 Å². The Kier molecular flexibility index (Phi) is 2.67. The number of pyridine rings is 2. The molecule has 0 unspecified atom stereocenters. The highest BCUT2D eigenvalue weighted by molar-refractivity contribution is 8.21. The van der Waals surface area contributed by atoms with Crippen LogP contribution in [0.5, 0.6) is 0 Å². The third kappa shape index (κ3) is 1.61. The van der Waals surface area contributed by atoms with E-state index in [2.05, 4.69) is 9.97 Å². The predicted molar refractivity (Wildman–Crippen MR) is 59.1 cm³/mol. The molecule has 0 atom stereocenters. The fourth-order valence-electron chi connectivity index (χ4n) is 1.15. The van der Waals surface area contributed by atoms with Crippen LogP contribution < -0.4 is 5.56 Å². The van der Waals surface area contributed by atoms with Crippen molar-refractivity contribution in [1.82, 2.24) is 9.97 Å². The summed E-state index contributed by atoms with van der Waals surface area (Å²) in [4.78, 5) is 18.6. The lowest BCUT2D eigenvalue weighted by atomic mass is 10.3. The first-order chi connectivity index (χ1) is 6.72. The van der Waals surface area contributed by atoms with Crippen molar-refractivity contribution in [2.75, 3.05) is 0 Å². The minimum atomic E-state index is -0.267. The summed E-state index contributed by atoms with van der Waals surface area (Å²) in [6, 6.07) is 3.35. The van der Waals surface area contributed by atoms with Crippen molar-refractivity contribution in [1.29, 1.82) is 0 Å². The van der Waals surface area contributed by atoms with E-state index in [4.69, 9.17) is 22.3 Å². The molecule has 2 aromatic heterocycles. The largest absolute Gasteiger partial charge is 0.326 e. The molecule has 0 spiro atoms. The Morgan fingerprint density at radius 2 is 2.21 bits per heavy atom. The third-order valence-electron chi connectivity index (χ3n) is 1.76. The molecule has 0 amide bonds. The van der Waals surface area contributed by atoms with Crippen molar-refractivity contribution in [2.45, 2.75) is 4.90 Å². The first kappa shape index (κ1) is 9.83. The summed E-state index contributed by atoms with van der Waals surface area (Å²) >= 11 is 5.68. The molecule has 2 heterocycles. The van der Waals surface area contributed by atoms with Crippen LogP contribution in [0.15, 0.2) is 28.0 Å². The Labute approximate surface area is 92.9 Å². The van der Waals surface area contributed by atoms with Gasteiger partial charge in [0.25, 0.3) is 5.56 Å². The first-order valence-corrected chi connectivity index (χ1v) is 5.71. The predicted octanol–water partition coefficient (Wildman–Crippen LogP) is 2.82. The Balaban J connectivity index is 2.91. The number of fused-ring (bicyclic) bond motifs is 1. The molecule has 3 nitrogen and oxygen atoms in total. The van der Waals surface area contributed by atoms with Gasteiger partial charge in [-0.3, -0.25) is 4.79 Å². The maximum Gasteiger partial charge on any atom is 0.274 e.